The average molecular weight is 509 g/mol. The van der Waals surface area contributed by atoms with Crippen molar-refractivity contribution in [3.05, 3.63) is 109 Å². The number of aromatic nitrogens is 1. The maximum atomic E-state index is 13.9. The number of benzene rings is 3. The van der Waals surface area contributed by atoms with Gasteiger partial charge in [-0.1, -0.05) is 77.9 Å². The van der Waals surface area contributed by atoms with Gasteiger partial charge in [-0.3, -0.25) is 9.36 Å². The largest absolute Gasteiger partial charge is 0.480 e. The summed E-state index contributed by atoms with van der Waals surface area (Å²) >= 11 is 1.27. The highest BCUT2D eigenvalue weighted by molar-refractivity contribution is 7.07. The molecule has 3 aromatic carbocycles. The summed E-state index contributed by atoms with van der Waals surface area (Å²) in [5, 5.41) is 1.95. The third kappa shape index (κ3) is 4.48. The van der Waals surface area contributed by atoms with Crippen molar-refractivity contribution in [1.29, 1.82) is 0 Å². The van der Waals surface area contributed by atoms with Crippen LogP contribution >= 0.6 is 11.3 Å². The maximum absolute atomic E-state index is 13.9. The maximum Gasteiger partial charge on any atom is 0.338 e. The fourth-order valence-corrected chi connectivity index (χ4v) is 5.57. The highest BCUT2D eigenvalue weighted by atomic mass is 32.1. The summed E-state index contributed by atoms with van der Waals surface area (Å²) in [6.07, 6.45) is 7.26. The van der Waals surface area contributed by atoms with Gasteiger partial charge < -0.3 is 9.47 Å². The van der Waals surface area contributed by atoms with Crippen LogP contribution in [0.3, 0.4) is 0 Å². The molecule has 1 aliphatic heterocycles. The fourth-order valence-electron chi connectivity index (χ4n) is 4.54. The van der Waals surface area contributed by atoms with E-state index in [1.165, 1.54) is 11.3 Å². The van der Waals surface area contributed by atoms with Crippen molar-refractivity contribution in [2.45, 2.75) is 19.9 Å². The zero-order valence-electron chi connectivity index (χ0n) is 20.4. The van der Waals surface area contributed by atoms with Gasteiger partial charge in [0.15, 0.2) is 4.80 Å². The highest BCUT2D eigenvalue weighted by Gasteiger charge is 2.33. The molecule has 1 aliphatic rings. The molecule has 0 radical (unpaired) electrons. The molecule has 0 amide bonds. The van der Waals surface area contributed by atoms with Crippen LogP contribution in [-0.4, -0.2) is 23.8 Å². The van der Waals surface area contributed by atoms with Crippen molar-refractivity contribution >= 4 is 34.2 Å². The topological polar surface area (TPSA) is 69.9 Å². The van der Waals surface area contributed by atoms with Gasteiger partial charge in [-0.05, 0) is 42.3 Å². The molecule has 0 fully saturated rings. The number of nitrogens with zero attached hydrogens (tertiary/aromatic N) is 2. The first-order chi connectivity index (χ1) is 18.0. The van der Waals surface area contributed by atoms with E-state index in [0.29, 0.717) is 26.4 Å². The highest BCUT2D eigenvalue weighted by Crippen LogP contribution is 2.31. The van der Waals surface area contributed by atoms with Gasteiger partial charge in [0.2, 0.25) is 0 Å². The van der Waals surface area contributed by atoms with Gasteiger partial charge in [-0.25, -0.2) is 9.79 Å². The second-order valence-electron chi connectivity index (χ2n) is 8.40. The first-order valence-electron chi connectivity index (χ1n) is 11.9. The van der Waals surface area contributed by atoms with Crippen molar-refractivity contribution < 1.29 is 14.3 Å². The van der Waals surface area contributed by atoms with Crippen LogP contribution in [0, 0.1) is 12.3 Å². The normalized spacial score (nSPS) is 15.2. The van der Waals surface area contributed by atoms with E-state index < -0.39 is 12.0 Å². The van der Waals surface area contributed by atoms with Crippen LogP contribution in [0.15, 0.2) is 87.8 Å². The van der Waals surface area contributed by atoms with Crippen LogP contribution in [0.1, 0.15) is 31.0 Å². The Morgan fingerprint density at radius 1 is 1.14 bits per heavy atom. The van der Waals surface area contributed by atoms with Crippen molar-refractivity contribution in [3.63, 3.8) is 0 Å². The number of rotatable bonds is 6. The lowest BCUT2D eigenvalue weighted by Crippen LogP contribution is -2.39. The Kier molecular flexibility index (Phi) is 6.76. The molecular formula is C30H24N2O4S. The molecule has 4 aromatic rings. The second-order valence-corrected chi connectivity index (χ2v) is 9.41. The van der Waals surface area contributed by atoms with Crippen LogP contribution in [0.2, 0.25) is 0 Å². The number of hydrogen-bond acceptors (Lipinski definition) is 6. The number of hydrogen-bond donors (Lipinski definition) is 0. The summed E-state index contributed by atoms with van der Waals surface area (Å²) in [6.45, 7) is 3.86. The molecule has 5 rings (SSSR count). The molecule has 7 heteroatoms. The van der Waals surface area contributed by atoms with E-state index in [9.17, 15) is 9.59 Å². The summed E-state index contributed by atoms with van der Waals surface area (Å²) in [5.41, 5.74) is 2.20. The summed E-state index contributed by atoms with van der Waals surface area (Å²) in [5.74, 6) is 2.61. The van der Waals surface area contributed by atoms with Gasteiger partial charge in [-0.15, -0.1) is 6.42 Å². The monoisotopic (exact) mass is 508 g/mol. The Hall–Kier alpha value is -4.41. The van der Waals surface area contributed by atoms with E-state index >= 15 is 0 Å². The van der Waals surface area contributed by atoms with E-state index in [-0.39, 0.29) is 18.8 Å². The SMILES string of the molecule is C#CCOc1ccc2ccccc2c1/C=c1\sc2n(c1=O)[C@H](c1ccccc1)C(C(=O)OCC)=C(C)N=2. The third-order valence-electron chi connectivity index (χ3n) is 6.15. The molecule has 0 aliphatic carbocycles. The first-order valence-corrected chi connectivity index (χ1v) is 12.7. The molecule has 2 heterocycles. The van der Waals surface area contributed by atoms with Crippen molar-refractivity contribution in [2.75, 3.05) is 13.2 Å². The van der Waals surface area contributed by atoms with Gasteiger partial charge in [0.25, 0.3) is 5.56 Å². The summed E-state index contributed by atoms with van der Waals surface area (Å²) in [4.78, 5) is 32.1. The minimum absolute atomic E-state index is 0.108. The molecule has 1 atom stereocenters. The van der Waals surface area contributed by atoms with Crippen LogP contribution in [-0.2, 0) is 9.53 Å². The molecule has 0 N–H and O–H groups in total. The van der Waals surface area contributed by atoms with E-state index in [0.717, 1.165) is 21.9 Å². The van der Waals surface area contributed by atoms with Gasteiger partial charge in [0, 0.05) is 5.56 Å². The molecule has 0 saturated heterocycles. The standard InChI is InChI=1S/C30H24N2O4S/c1-4-17-36-24-16-15-20-11-9-10-14-22(20)23(24)18-25-28(33)32-27(21-12-7-6-8-13-21)26(29(34)35-5-2)19(3)31-30(32)37-25/h1,6-16,18,27H,5,17H2,2-3H3/b25-18-/t27-/m1/s1. The van der Waals surface area contributed by atoms with Crippen LogP contribution in [0.5, 0.6) is 5.75 Å². The lowest BCUT2D eigenvalue weighted by Gasteiger charge is -2.24. The minimum atomic E-state index is -0.650. The predicted octanol–water partition coefficient (Wildman–Crippen LogP) is 3.96. The van der Waals surface area contributed by atoms with E-state index in [2.05, 4.69) is 10.9 Å². The van der Waals surface area contributed by atoms with Crippen molar-refractivity contribution in [2.24, 2.45) is 4.99 Å². The van der Waals surface area contributed by atoms with Gasteiger partial charge in [0.05, 0.1) is 28.5 Å². The number of carbonyl (C=O) groups is 1. The number of ether oxygens (including phenoxy) is 2. The lowest BCUT2D eigenvalue weighted by molar-refractivity contribution is -0.139. The Balaban J connectivity index is 1.77. The predicted molar refractivity (Wildman–Crippen MR) is 145 cm³/mol. The lowest BCUT2D eigenvalue weighted by atomic mass is 9.96. The zero-order chi connectivity index (χ0) is 25.9. The third-order valence-corrected chi connectivity index (χ3v) is 7.13. The van der Waals surface area contributed by atoms with Crippen molar-refractivity contribution in [3.8, 4) is 18.1 Å². The summed E-state index contributed by atoms with van der Waals surface area (Å²) in [6, 6.07) is 20.5. The van der Waals surface area contributed by atoms with E-state index in [1.807, 2.05) is 72.8 Å². The minimum Gasteiger partial charge on any atom is -0.480 e. The Labute approximate surface area is 217 Å². The van der Waals surface area contributed by atoms with Crippen LogP contribution in [0.4, 0.5) is 0 Å². The second kappa shape index (κ2) is 10.3. The Morgan fingerprint density at radius 3 is 2.65 bits per heavy atom. The number of allylic oxidation sites excluding steroid dienone is 1. The number of thiazole rings is 1. The Morgan fingerprint density at radius 2 is 1.89 bits per heavy atom. The number of terminal acetylenes is 1. The van der Waals surface area contributed by atoms with E-state index in [1.54, 1.807) is 18.4 Å². The quantitative estimate of drug-likeness (QED) is 0.292. The number of fused-ring (bicyclic) bond motifs is 2. The van der Waals surface area contributed by atoms with Gasteiger partial charge in [-0.2, -0.15) is 0 Å². The number of esters is 1. The van der Waals surface area contributed by atoms with Gasteiger partial charge >= 0.3 is 5.97 Å². The molecule has 37 heavy (non-hydrogen) atoms. The summed E-state index contributed by atoms with van der Waals surface area (Å²) < 4.78 is 13.2. The number of carbonyl (C=O) groups excluding carboxylic acids is 1. The van der Waals surface area contributed by atoms with E-state index in [4.69, 9.17) is 15.9 Å². The van der Waals surface area contributed by atoms with Crippen LogP contribution < -0.4 is 19.6 Å². The molecule has 0 saturated carbocycles. The summed E-state index contributed by atoms with van der Waals surface area (Å²) in [7, 11) is 0. The molecule has 6 nitrogen and oxygen atoms in total. The zero-order valence-corrected chi connectivity index (χ0v) is 21.2. The molecule has 1 aromatic heterocycles. The van der Waals surface area contributed by atoms with Crippen LogP contribution in [0.25, 0.3) is 16.8 Å². The smallest absolute Gasteiger partial charge is 0.338 e. The fraction of sp³-hybridized carbons (Fsp3) is 0.167. The molecule has 0 unspecified atom stereocenters. The van der Waals surface area contributed by atoms with Crippen molar-refractivity contribution in [1.82, 2.24) is 4.57 Å². The molecule has 184 valence electrons. The molecular weight excluding hydrogens is 484 g/mol. The molecule has 0 bridgehead atoms. The average Bonchev–Trinajstić information content (AvgIpc) is 3.22. The Bertz CT molecular complexity index is 1760. The molecule has 0 spiro atoms. The van der Waals surface area contributed by atoms with Gasteiger partial charge in [0.1, 0.15) is 12.4 Å². The first kappa shape index (κ1) is 24.3.